The summed E-state index contributed by atoms with van der Waals surface area (Å²) in [6.07, 6.45) is 5.12. The molecule has 0 aliphatic heterocycles. The average molecular weight is 294 g/mol. The van der Waals surface area contributed by atoms with E-state index in [0.29, 0.717) is 13.1 Å². The monoisotopic (exact) mass is 294 g/mol. The van der Waals surface area contributed by atoms with Crippen molar-refractivity contribution in [3.05, 3.63) is 21.9 Å². The van der Waals surface area contributed by atoms with E-state index < -0.39 is 0 Å². The fourth-order valence-electron chi connectivity index (χ4n) is 3.02. The first kappa shape index (κ1) is 15.5. The number of amides is 1. The fourth-order valence-corrected chi connectivity index (χ4v) is 3.94. The number of aryl methyl sites for hydroxylation is 1. The van der Waals surface area contributed by atoms with Crippen LogP contribution in [-0.2, 0) is 17.8 Å². The maximum atomic E-state index is 12.6. The maximum absolute atomic E-state index is 12.6. The third-order valence-electron chi connectivity index (χ3n) is 4.73. The van der Waals surface area contributed by atoms with Crippen LogP contribution in [0, 0.1) is 11.3 Å². The lowest BCUT2D eigenvalue weighted by atomic mass is 9.70. The summed E-state index contributed by atoms with van der Waals surface area (Å²) in [5.41, 5.74) is 6.95. The molecule has 0 radical (unpaired) electrons. The molecule has 1 aromatic heterocycles. The molecule has 0 aromatic carbocycles. The Kier molecular flexibility index (Phi) is 5.22. The van der Waals surface area contributed by atoms with Crippen LogP contribution in [0.2, 0.25) is 0 Å². The summed E-state index contributed by atoms with van der Waals surface area (Å²) in [6.45, 7) is 5.53. The lowest BCUT2D eigenvalue weighted by Gasteiger charge is -2.37. The SMILES string of the molecule is CCc1ccsc1CNC(=O)C1(CN)CCC(C)CC1. The standard InChI is InChI=1S/C16H26N2OS/c1-3-13-6-9-20-14(13)10-18-15(19)16(11-17)7-4-12(2)5-8-16/h6,9,12H,3-5,7-8,10-11,17H2,1-2H3,(H,18,19). The molecule has 1 heterocycles. The average Bonchev–Trinajstić information content (AvgIpc) is 2.93. The molecule has 0 spiro atoms. The minimum Gasteiger partial charge on any atom is -0.351 e. The Bertz CT molecular complexity index is 447. The number of nitrogens with one attached hydrogen (secondary N) is 1. The third-order valence-corrected chi connectivity index (χ3v) is 5.70. The molecule has 1 amide bonds. The van der Waals surface area contributed by atoms with Gasteiger partial charge in [0.2, 0.25) is 5.91 Å². The normalized spacial score (nSPS) is 26.4. The van der Waals surface area contributed by atoms with Gasteiger partial charge in [-0.2, -0.15) is 0 Å². The molecule has 0 atom stereocenters. The van der Waals surface area contributed by atoms with Gasteiger partial charge in [-0.15, -0.1) is 11.3 Å². The van der Waals surface area contributed by atoms with Gasteiger partial charge in [0.05, 0.1) is 12.0 Å². The van der Waals surface area contributed by atoms with Crippen LogP contribution in [0.25, 0.3) is 0 Å². The van der Waals surface area contributed by atoms with Crippen molar-refractivity contribution >= 4 is 17.2 Å². The van der Waals surface area contributed by atoms with Crippen molar-refractivity contribution in [1.29, 1.82) is 0 Å². The summed E-state index contributed by atoms with van der Waals surface area (Å²) >= 11 is 1.72. The number of thiophene rings is 1. The molecule has 3 N–H and O–H groups in total. The zero-order valence-electron chi connectivity index (χ0n) is 12.6. The van der Waals surface area contributed by atoms with Crippen molar-refractivity contribution in [3.8, 4) is 0 Å². The van der Waals surface area contributed by atoms with Gasteiger partial charge in [0, 0.05) is 11.4 Å². The highest BCUT2D eigenvalue weighted by molar-refractivity contribution is 7.10. The second-order valence-electron chi connectivity index (χ2n) is 6.07. The van der Waals surface area contributed by atoms with Crippen LogP contribution >= 0.6 is 11.3 Å². The van der Waals surface area contributed by atoms with Crippen molar-refractivity contribution in [3.63, 3.8) is 0 Å². The summed E-state index contributed by atoms with van der Waals surface area (Å²) in [7, 11) is 0. The van der Waals surface area contributed by atoms with E-state index in [1.54, 1.807) is 11.3 Å². The third kappa shape index (κ3) is 3.23. The minimum atomic E-state index is -0.323. The van der Waals surface area contributed by atoms with Crippen molar-refractivity contribution in [2.45, 2.75) is 52.5 Å². The summed E-state index contributed by atoms with van der Waals surface area (Å²) in [5.74, 6) is 0.883. The highest BCUT2D eigenvalue weighted by Crippen LogP contribution is 2.38. The molecule has 1 aliphatic carbocycles. The Labute approximate surface area is 125 Å². The number of carbonyl (C=O) groups is 1. The first-order valence-corrected chi connectivity index (χ1v) is 8.53. The number of hydrogen-bond donors (Lipinski definition) is 2. The molecule has 0 unspecified atom stereocenters. The van der Waals surface area contributed by atoms with E-state index in [9.17, 15) is 4.79 Å². The van der Waals surface area contributed by atoms with Gasteiger partial charge in [-0.1, -0.05) is 13.8 Å². The molecule has 0 saturated heterocycles. The molecular formula is C16H26N2OS. The lowest BCUT2D eigenvalue weighted by molar-refractivity contribution is -0.133. The van der Waals surface area contributed by atoms with Crippen molar-refractivity contribution in [1.82, 2.24) is 5.32 Å². The summed E-state index contributed by atoms with van der Waals surface area (Å²) in [5, 5.41) is 5.23. The lowest BCUT2D eigenvalue weighted by Crippen LogP contribution is -2.47. The number of rotatable bonds is 5. The van der Waals surface area contributed by atoms with E-state index >= 15 is 0 Å². The van der Waals surface area contributed by atoms with E-state index in [-0.39, 0.29) is 11.3 Å². The predicted octanol–water partition coefficient (Wildman–Crippen LogP) is 3.08. The second kappa shape index (κ2) is 6.72. The Morgan fingerprint density at radius 2 is 2.20 bits per heavy atom. The molecule has 2 rings (SSSR count). The van der Waals surface area contributed by atoms with E-state index in [0.717, 1.165) is 38.0 Å². The van der Waals surface area contributed by atoms with E-state index in [2.05, 4.69) is 30.6 Å². The zero-order valence-corrected chi connectivity index (χ0v) is 13.4. The zero-order chi connectivity index (χ0) is 14.6. The molecule has 1 saturated carbocycles. The van der Waals surface area contributed by atoms with Gasteiger partial charge in [0.25, 0.3) is 0 Å². The van der Waals surface area contributed by atoms with Crippen LogP contribution in [0.1, 0.15) is 50.0 Å². The first-order valence-electron chi connectivity index (χ1n) is 7.65. The van der Waals surface area contributed by atoms with E-state index in [4.69, 9.17) is 5.73 Å². The molecule has 3 nitrogen and oxygen atoms in total. The van der Waals surface area contributed by atoms with E-state index in [1.165, 1.54) is 10.4 Å². The van der Waals surface area contributed by atoms with Gasteiger partial charge in [0.15, 0.2) is 0 Å². The van der Waals surface area contributed by atoms with Crippen LogP contribution in [0.4, 0.5) is 0 Å². The van der Waals surface area contributed by atoms with Crippen LogP contribution < -0.4 is 11.1 Å². The first-order chi connectivity index (χ1) is 9.61. The van der Waals surface area contributed by atoms with Gasteiger partial charge >= 0.3 is 0 Å². The molecule has 112 valence electrons. The second-order valence-corrected chi connectivity index (χ2v) is 7.07. The van der Waals surface area contributed by atoms with Gasteiger partial charge in [-0.3, -0.25) is 4.79 Å². The van der Waals surface area contributed by atoms with Gasteiger partial charge < -0.3 is 11.1 Å². The molecule has 4 heteroatoms. The topological polar surface area (TPSA) is 55.1 Å². The number of nitrogens with two attached hydrogens (primary N) is 1. The Hall–Kier alpha value is -0.870. The largest absolute Gasteiger partial charge is 0.351 e. The quantitative estimate of drug-likeness (QED) is 0.877. The molecule has 1 fully saturated rings. The van der Waals surface area contributed by atoms with Crippen LogP contribution in [-0.4, -0.2) is 12.5 Å². The highest BCUT2D eigenvalue weighted by Gasteiger charge is 2.39. The molecule has 1 aromatic rings. The van der Waals surface area contributed by atoms with Crippen LogP contribution in [0.3, 0.4) is 0 Å². The molecule has 20 heavy (non-hydrogen) atoms. The van der Waals surface area contributed by atoms with Crippen molar-refractivity contribution in [2.24, 2.45) is 17.1 Å². The van der Waals surface area contributed by atoms with Crippen LogP contribution in [0.5, 0.6) is 0 Å². The fraction of sp³-hybridized carbons (Fsp3) is 0.688. The Morgan fingerprint density at radius 1 is 1.50 bits per heavy atom. The number of carbonyl (C=O) groups excluding carboxylic acids is 1. The Morgan fingerprint density at radius 3 is 2.80 bits per heavy atom. The molecule has 1 aliphatic rings. The summed E-state index contributed by atoms with van der Waals surface area (Å²) in [6, 6.07) is 2.15. The smallest absolute Gasteiger partial charge is 0.227 e. The molecular weight excluding hydrogens is 268 g/mol. The van der Waals surface area contributed by atoms with Crippen LogP contribution in [0.15, 0.2) is 11.4 Å². The number of hydrogen-bond acceptors (Lipinski definition) is 3. The van der Waals surface area contributed by atoms with Gasteiger partial charge in [0.1, 0.15) is 0 Å². The van der Waals surface area contributed by atoms with Gasteiger partial charge in [-0.25, -0.2) is 0 Å². The highest BCUT2D eigenvalue weighted by atomic mass is 32.1. The van der Waals surface area contributed by atoms with E-state index in [1.807, 2.05) is 0 Å². The Balaban J connectivity index is 1.96. The maximum Gasteiger partial charge on any atom is 0.227 e. The molecule has 0 bridgehead atoms. The van der Waals surface area contributed by atoms with Crippen molar-refractivity contribution < 1.29 is 4.79 Å². The summed E-state index contributed by atoms with van der Waals surface area (Å²) in [4.78, 5) is 13.8. The van der Waals surface area contributed by atoms with Gasteiger partial charge in [-0.05, 0) is 55.0 Å². The van der Waals surface area contributed by atoms with Crippen molar-refractivity contribution in [2.75, 3.05) is 6.54 Å². The summed E-state index contributed by atoms with van der Waals surface area (Å²) < 4.78 is 0. The minimum absolute atomic E-state index is 0.155. The predicted molar refractivity (Wildman–Crippen MR) is 84.7 cm³/mol.